The van der Waals surface area contributed by atoms with Gasteiger partial charge >= 0.3 is 0 Å². The van der Waals surface area contributed by atoms with Gasteiger partial charge in [-0.1, -0.05) is 6.92 Å². The van der Waals surface area contributed by atoms with Gasteiger partial charge in [0.05, 0.1) is 12.4 Å². The summed E-state index contributed by atoms with van der Waals surface area (Å²) in [7, 11) is 0. The lowest BCUT2D eigenvalue weighted by molar-refractivity contribution is 0.776. The minimum Gasteiger partial charge on any atom is -0.382 e. The van der Waals surface area contributed by atoms with Crippen molar-refractivity contribution >= 4 is 11.6 Å². The number of hydrogen-bond acceptors (Lipinski definition) is 4. The van der Waals surface area contributed by atoms with Crippen molar-refractivity contribution in [2.75, 3.05) is 23.7 Å². The zero-order valence-electron chi connectivity index (χ0n) is 8.20. The van der Waals surface area contributed by atoms with Crippen LogP contribution in [0.4, 0.5) is 11.6 Å². The first-order chi connectivity index (χ1) is 6.27. The van der Waals surface area contributed by atoms with Crippen molar-refractivity contribution in [3.8, 4) is 0 Å². The molecule has 0 bridgehead atoms. The van der Waals surface area contributed by atoms with Crippen LogP contribution >= 0.6 is 0 Å². The lowest BCUT2D eigenvalue weighted by atomic mass is 10.4. The molecule has 0 amide bonds. The number of hydrogen-bond donors (Lipinski definition) is 1. The molecule has 0 saturated carbocycles. The minimum atomic E-state index is 0.479. The number of nitrogen functional groups attached to an aromatic ring is 1. The summed E-state index contributed by atoms with van der Waals surface area (Å²) in [4.78, 5) is 10.4. The largest absolute Gasteiger partial charge is 0.382 e. The van der Waals surface area contributed by atoms with Crippen molar-refractivity contribution in [2.24, 2.45) is 0 Å². The third-order valence-electron chi connectivity index (χ3n) is 1.84. The SMILES string of the molecule is CCCN(CC)c1cncc(N)n1. The monoisotopic (exact) mass is 180 g/mol. The van der Waals surface area contributed by atoms with Crippen molar-refractivity contribution in [3.63, 3.8) is 0 Å². The predicted molar refractivity (Wildman–Crippen MR) is 54.6 cm³/mol. The molecule has 1 aromatic heterocycles. The van der Waals surface area contributed by atoms with Crippen LogP contribution in [-0.2, 0) is 0 Å². The molecule has 0 atom stereocenters. The first-order valence-electron chi connectivity index (χ1n) is 4.60. The van der Waals surface area contributed by atoms with E-state index < -0.39 is 0 Å². The van der Waals surface area contributed by atoms with Crippen molar-refractivity contribution in [1.82, 2.24) is 9.97 Å². The van der Waals surface area contributed by atoms with Crippen LogP contribution < -0.4 is 10.6 Å². The highest BCUT2D eigenvalue weighted by Gasteiger charge is 2.04. The molecule has 0 radical (unpaired) electrons. The highest BCUT2D eigenvalue weighted by atomic mass is 15.2. The molecule has 1 aromatic rings. The standard InChI is InChI=1S/C9H16N4/c1-3-5-13(4-2)9-7-11-6-8(10)12-9/h6-7H,3-5H2,1-2H3,(H2,10,12). The zero-order valence-corrected chi connectivity index (χ0v) is 8.20. The van der Waals surface area contributed by atoms with Crippen LogP contribution in [0.2, 0.25) is 0 Å². The highest BCUT2D eigenvalue weighted by Crippen LogP contribution is 2.10. The molecule has 1 heterocycles. The van der Waals surface area contributed by atoms with Gasteiger partial charge < -0.3 is 10.6 Å². The van der Waals surface area contributed by atoms with E-state index >= 15 is 0 Å². The zero-order chi connectivity index (χ0) is 9.68. The van der Waals surface area contributed by atoms with Crippen molar-refractivity contribution in [1.29, 1.82) is 0 Å². The molecule has 0 unspecified atom stereocenters. The average Bonchev–Trinajstić information content (AvgIpc) is 2.14. The summed E-state index contributed by atoms with van der Waals surface area (Å²) >= 11 is 0. The van der Waals surface area contributed by atoms with E-state index in [1.807, 2.05) is 0 Å². The maximum Gasteiger partial charge on any atom is 0.149 e. The summed E-state index contributed by atoms with van der Waals surface area (Å²) in [6.45, 7) is 6.17. The van der Waals surface area contributed by atoms with Crippen molar-refractivity contribution in [2.45, 2.75) is 20.3 Å². The van der Waals surface area contributed by atoms with Gasteiger partial charge in [0.25, 0.3) is 0 Å². The maximum absolute atomic E-state index is 5.55. The second-order valence-electron chi connectivity index (χ2n) is 2.88. The molecule has 4 nitrogen and oxygen atoms in total. The Balaban J connectivity index is 2.78. The van der Waals surface area contributed by atoms with Crippen LogP contribution in [-0.4, -0.2) is 23.1 Å². The Hall–Kier alpha value is -1.32. The highest BCUT2D eigenvalue weighted by molar-refractivity contribution is 5.41. The van der Waals surface area contributed by atoms with Crippen LogP contribution in [0, 0.1) is 0 Å². The number of anilines is 2. The molecule has 0 saturated heterocycles. The van der Waals surface area contributed by atoms with Crippen LogP contribution in [0.5, 0.6) is 0 Å². The van der Waals surface area contributed by atoms with E-state index in [2.05, 4.69) is 28.7 Å². The smallest absolute Gasteiger partial charge is 0.149 e. The fourth-order valence-electron chi connectivity index (χ4n) is 1.23. The molecule has 0 spiro atoms. The summed E-state index contributed by atoms with van der Waals surface area (Å²) in [5.41, 5.74) is 5.55. The molecule has 0 aliphatic rings. The van der Waals surface area contributed by atoms with E-state index in [0.29, 0.717) is 5.82 Å². The van der Waals surface area contributed by atoms with E-state index in [1.54, 1.807) is 12.4 Å². The van der Waals surface area contributed by atoms with E-state index in [9.17, 15) is 0 Å². The molecule has 0 aromatic carbocycles. The summed E-state index contributed by atoms with van der Waals surface area (Å²) in [5, 5.41) is 0. The second kappa shape index (κ2) is 4.64. The average molecular weight is 180 g/mol. The van der Waals surface area contributed by atoms with Crippen LogP contribution in [0.15, 0.2) is 12.4 Å². The van der Waals surface area contributed by atoms with E-state index in [1.165, 1.54) is 0 Å². The molecule has 13 heavy (non-hydrogen) atoms. The molecular formula is C9H16N4. The number of rotatable bonds is 4. The summed E-state index contributed by atoms with van der Waals surface area (Å²) < 4.78 is 0. The number of nitrogens with two attached hydrogens (primary N) is 1. The van der Waals surface area contributed by atoms with Gasteiger partial charge in [-0.3, -0.25) is 4.98 Å². The van der Waals surface area contributed by atoms with Gasteiger partial charge in [-0.05, 0) is 13.3 Å². The van der Waals surface area contributed by atoms with E-state index in [0.717, 1.165) is 25.3 Å². The number of nitrogens with zero attached hydrogens (tertiary/aromatic N) is 3. The minimum absolute atomic E-state index is 0.479. The van der Waals surface area contributed by atoms with Crippen LogP contribution in [0.25, 0.3) is 0 Å². The third kappa shape index (κ3) is 2.57. The lowest BCUT2D eigenvalue weighted by Gasteiger charge is -2.20. The Kier molecular flexibility index (Phi) is 3.49. The van der Waals surface area contributed by atoms with Crippen molar-refractivity contribution < 1.29 is 0 Å². The van der Waals surface area contributed by atoms with E-state index in [-0.39, 0.29) is 0 Å². The molecule has 0 aliphatic carbocycles. The van der Waals surface area contributed by atoms with Gasteiger partial charge in [0.2, 0.25) is 0 Å². The maximum atomic E-state index is 5.55. The first-order valence-corrected chi connectivity index (χ1v) is 4.60. The molecule has 0 aliphatic heterocycles. The Morgan fingerprint density at radius 3 is 2.69 bits per heavy atom. The molecular weight excluding hydrogens is 164 g/mol. The van der Waals surface area contributed by atoms with Gasteiger partial charge in [-0.2, -0.15) is 0 Å². The molecule has 2 N–H and O–H groups in total. The fourth-order valence-corrected chi connectivity index (χ4v) is 1.23. The molecule has 1 rings (SSSR count). The third-order valence-corrected chi connectivity index (χ3v) is 1.84. The van der Waals surface area contributed by atoms with E-state index in [4.69, 9.17) is 5.73 Å². The molecule has 0 fully saturated rings. The predicted octanol–water partition coefficient (Wildman–Crippen LogP) is 1.30. The first kappa shape index (κ1) is 9.77. The van der Waals surface area contributed by atoms with Gasteiger partial charge in [-0.15, -0.1) is 0 Å². The van der Waals surface area contributed by atoms with Gasteiger partial charge in [0.15, 0.2) is 0 Å². The van der Waals surface area contributed by atoms with Gasteiger partial charge in [0.1, 0.15) is 11.6 Å². The number of aromatic nitrogens is 2. The lowest BCUT2D eigenvalue weighted by Crippen LogP contribution is -2.24. The summed E-state index contributed by atoms with van der Waals surface area (Å²) in [6, 6.07) is 0. The Bertz CT molecular complexity index is 262. The normalized spacial score (nSPS) is 10.0. The van der Waals surface area contributed by atoms with Crippen LogP contribution in [0.3, 0.4) is 0 Å². The fraction of sp³-hybridized carbons (Fsp3) is 0.556. The second-order valence-corrected chi connectivity index (χ2v) is 2.88. The molecule has 72 valence electrons. The quantitative estimate of drug-likeness (QED) is 0.758. The Morgan fingerprint density at radius 2 is 2.15 bits per heavy atom. The Morgan fingerprint density at radius 1 is 1.38 bits per heavy atom. The summed E-state index contributed by atoms with van der Waals surface area (Å²) in [6.07, 6.45) is 4.41. The van der Waals surface area contributed by atoms with Gasteiger partial charge in [-0.25, -0.2) is 4.98 Å². The topological polar surface area (TPSA) is 55.0 Å². The van der Waals surface area contributed by atoms with Crippen molar-refractivity contribution in [3.05, 3.63) is 12.4 Å². The van der Waals surface area contributed by atoms with Crippen LogP contribution in [0.1, 0.15) is 20.3 Å². The van der Waals surface area contributed by atoms with Gasteiger partial charge in [0, 0.05) is 13.1 Å². The summed E-state index contributed by atoms with van der Waals surface area (Å²) in [5.74, 6) is 1.34. The molecule has 4 heteroatoms. The Labute approximate surface area is 78.8 Å².